The molecule has 0 fully saturated rings. The van der Waals surface area contributed by atoms with E-state index in [-0.39, 0.29) is 20.4 Å². The van der Waals surface area contributed by atoms with E-state index in [4.69, 9.17) is 0 Å². The molecule has 4 heteroatoms. The quantitative estimate of drug-likeness (QED) is 0.0531. The van der Waals surface area contributed by atoms with E-state index in [0.717, 1.165) is 11.1 Å². The number of aliphatic hydroxyl groups is 1. The summed E-state index contributed by atoms with van der Waals surface area (Å²) in [5, 5.41) is 18.3. The van der Waals surface area contributed by atoms with Crippen LogP contribution in [0, 0.1) is 13.0 Å². The van der Waals surface area contributed by atoms with Gasteiger partial charge < -0.3 is 5.11 Å². The molecule has 8 aromatic rings. The third kappa shape index (κ3) is 12.2. The van der Waals surface area contributed by atoms with E-state index in [1.54, 1.807) is 6.08 Å². The van der Waals surface area contributed by atoms with Crippen LogP contribution in [-0.2, 0) is 20.4 Å². The van der Waals surface area contributed by atoms with Crippen LogP contribution in [0.25, 0.3) is 11.8 Å². The molecule has 55 heavy (non-hydrogen) atoms. The molecule has 0 atom stereocenters. The monoisotopic (exact) mass is 839 g/mol. The average Bonchev–Trinajstić information content (AvgIpc) is 3.25. The second kappa shape index (κ2) is 22.3. The molecule has 0 saturated heterocycles. The summed E-state index contributed by atoms with van der Waals surface area (Å²) in [4.78, 5) is 0. The predicted octanol–water partition coefficient (Wildman–Crippen LogP) is 10.7. The summed E-state index contributed by atoms with van der Waals surface area (Å²) in [7, 11) is -1.33. The summed E-state index contributed by atoms with van der Waals surface area (Å²) in [6, 6.07) is 83.3. The van der Waals surface area contributed by atoms with Crippen molar-refractivity contribution < 1.29 is 25.5 Å². The van der Waals surface area contributed by atoms with Gasteiger partial charge in [0.05, 0.1) is 0 Å². The second-order valence-electron chi connectivity index (χ2n) is 12.4. The zero-order chi connectivity index (χ0) is 37.2. The number of aliphatic hydroxyl groups excluding tert-OH is 1. The van der Waals surface area contributed by atoms with Crippen molar-refractivity contribution in [3.8, 4) is 0 Å². The zero-order valence-corrected chi connectivity index (χ0v) is 34.0. The second-order valence-corrected chi connectivity index (χ2v) is 16.7. The van der Waals surface area contributed by atoms with E-state index in [9.17, 15) is 5.11 Å². The van der Waals surface area contributed by atoms with Gasteiger partial charge in [-0.1, -0.05) is 213 Å². The first kappa shape index (κ1) is 41.0. The fourth-order valence-corrected chi connectivity index (χ4v) is 11.2. The maximum Gasteiger partial charge on any atom is 0.123 e. The van der Waals surface area contributed by atoms with E-state index in [1.807, 2.05) is 91.9 Å². The molecule has 0 bridgehead atoms. The van der Waals surface area contributed by atoms with Gasteiger partial charge >= 0.3 is 0 Å². The van der Waals surface area contributed by atoms with Gasteiger partial charge in [-0.15, -0.1) is 0 Å². The predicted molar refractivity (Wildman–Crippen MR) is 237 cm³/mol. The third-order valence-corrected chi connectivity index (χ3v) is 13.6. The normalized spacial score (nSPS) is 10.6. The van der Waals surface area contributed by atoms with E-state index in [1.165, 1.54) is 37.4 Å². The largest absolute Gasteiger partial charge is 0.507 e. The molecule has 0 saturated carbocycles. The zero-order valence-electron chi connectivity index (χ0n) is 30.7. The molecule has 0 radical (unpaired) electrons. The Balaban J connectivity index is 0.000000208. The van der Waals surface area contributed by atoms with Gasteiger partial charge in [-0.3, -0.25) is 0 Å². The number of benzene rings is 8. The van der Waals surface area contributed by atoms with E-state index in [2.05, 4.69) is 152 Å². The Kier molecular flexibility index (Phi) is 16.6. The summed E-state index contributed by atoms with van der Waals surface area (Å²) < 4.78 is 0. The first-order chi connectivity index (χ1) is 26.7. The van der Waals surface area contributed by atoms with Crippen LogP contribution < -0.4 is 31.8 Å². The van der Waals surface area contributed by atoms with Crippen molar-refractivity contribution in [1.29, 1.82) is 0 Å². The average molecular weight is 840 g/mol. The molecule has 8 aromatic carbocycles. The third-order valence-electron chi connectivity index (χ3n) is 8.46. The SMILES string of the molecule is Cc1[c-]cccc1.O/C(=C\c1ccccc1)c1ccccc1.[Pd].c1ccc(P(c2ccccc2)c2ccccc2P(c2ccccc2)c2ccccc2)cc1. The van der Waals surface area contributed by atoms with Crippen LogP contribution in [0.2, 0.25) is 0 Å². The minimum absolute atomic E-state index is 0. The fourth-order valence-electron chi connectivity index (χ4n) is 5.89. The molecule has 0 aliphatic carbocycles. The Labute approximate surface area is 343 Å². The molecule has 0 aromatic heterocycles. The van der Waals surface area contributed by atoms with Crippen LogP contribution in [0.4, 0.5) is 0 Å². The van der Waals surface area contributed by atoms with Crippen molar-refractivity contribution in [3.63, 3.8) is 0 Å². The smallest absolute Gasteiger partial charge is 0.123 e. The molecule has 8 rings (SSSR count). The molecule has 0 unspecified atom stereocenters. The Morgan fingerprint density at radius 1 is 0.418 bits per heavy atom. The standard InChI is InChI=1S/C30H24P2.C14H12O.C7H7.Pd/c1-5-15-25(16-6-1)31(26-17-7-2-8-18-26)29-23-13-14-24-30(29)32(27-19-9-3-10-20-27)28-21-11-4-12-22-28;15-14(13-9-5-2-6-10-13)11-12-7-3-1-4-8-12;1-7-5-3-2-4-6-7;/h1-24H;1-11,15H;2-5H,1H3;/q;;-1;/b;14-11-;;. The van der Waals surface area contributed by atoms with Gasteiger partial charge in [-0.2, -0.15) is 35.9 Å². The van der Waals surface area contributed by atoms with Crippen molar-refractivity contribution in [1.82, 2.24) is 0 Å². The molecule has 0 heterocycles. The van der Waals surface area contributed by atoms with Crippen LogP contribution >= 0.6 is 15.8 Å². The van der Waals surface area contributed by atoms with Gasteiger partial charge in [0.25, 0.3) is 0 Å². The Bertz CT molecular complexity index is 2090. The Morgan fingerprint density at radius 2 is 0.745 bits per heavy atom. The van der Waals surface area contributed by atoms with Gasteiger partial charge in [0.2, 0.25) is 0 Å². The number of hydrogen-bond donors (Lipinski definition) is 1. The van der Waals surface area contributed by atoms with Crippen molar-refractivity contribution in [3.05, 3.63) is 253 Å². The summed E-state index contributed by atoms with van der Waals surface area (Å²) >= 11 is 0. The maximum atomic E-state index is 9.84. The number of hydrogen-bond acceptors (Lipinski definition) is 1. The Hall–Kier alpha value is -5.18. The summed E-state index contributed by atoms with van der Waals surface area (Å²) in [6.07, 6.45) is 1.76. The molecular weight excluding hydrogens is 797 g/mol. The van der Waals surface area contributed by atoms with Gasteiger partial charge in [0, 0.05) is 26.0 Å². The molecule has 0 aliphatic rings. The first-order valence-corrected chi connectivity index (χ1v) is 20.7. The molecule has 274 valence electrons. The van der Waals surface area contributed by atoms with E-state index in [0.29, 0.717) is 5.76 Å². The number of rotatable bonds is 8. The van der Waals surface area contributed by atoms with Crippen LogP contribution in [0.1, 0.15) is 16.7 Å². The molecule has 1 N–H and O–H groups in total. The van der Waals surface area contributed by atoms with Crippen molar-refractivity contribution >= 4 is 59.5 Å². The summed E-state index contributed by atoms with van der Waals surface area (Å²) in [6.45, 7) is 2.03. The minimum atomic E-state index is -0.664. The molecule has 0 spiro atoms. The molecule has 1 nitrogen and oxygen atoms in total. The fraction of sp³-hybridized carbons (Fsp3) is 0.0196. The molecular formula is C51H43OP2Pd-. The topological polar surface area (TPSA) is 20.2 Å². The van der Waals surface area contributed by atoms with Crippen LogP contribution in [0.15, 0.2) is 231 Å². The van der Waals surface area contributed by atoms with E-state index < -0.39 is 15.8 Å². The van der Waals surface area contributed by atoms with E-state index >= 15 is 0 Å². The maximum absolute atomic E-state index is 9.84. The summed E-state index contributed by atoms with van der Waals surface area (Å²) in [5.74, 6) is 0.293. The number of aryl methyl sites for hydroxylation is 1. The van der Waals surface area contributed by atoms with Crippen molar-refractivity contribution in [2.24, 2.45) is 0 Å². The Morgan fingerprint density at radius 3 is 1.07 bits per heavy atom. The van der Waals surface area contributed by atoms with Gasteiger partial charge in [0.15, 0.2) is 0 Å². The molecule has 0 amide bonds. The summed E-state index contributed by atoms with van der Waals surface area (Å²) in [5.41, 5.74) is 3.03. The first-order valence-electron chi connectivity index (χ1n) is 18.0. The van der Waals surface area contributed by atoms with Gasteiger partial charge in [-0.05, 0) is 59.3 Å². The molecule has 0 aliphatic heterocycles. The van der Waals surface area contributed by atoms with Gasteiger partial charge in [-0.25, -0.2) is 0 Å². The minimum Gasteiger partial charge on any atom is -0.507 e. The van der Waals surface area contributed by atoms with Crippen LogP contribution in [-0.4, -0.2) is 5.11 Å². The van der Waals surface area contributed by atoms with Crippen molar-refractivity contribution in [2.75, 3.05) is 0 Å². The van der Waals surface area contributed by atoms with Crippen LogP contribution in [0.5, 0.6) is 0 Å². The van der Waals surface area contributed by atoms with Crippen LogP contribution in [0.3, 0.4) is 0 Å². The van der Waals surface area contributed by atoms with Gasteiger partial charge in [0.1, 0.15) is 5.76 Å². The van der Waals surface area contributed by atoms with Crippen molar-refractivity contribution in [2.45, 2.75) is 6.92 Å².